The van der Waals surface area contributed by atoms with Gasteiger partial charge in [0.1, 0.15) is 12.4 Å². The summed E-state index contributed by atoms with van der Waals surface area (Å²) >= 11 is 0. The molecule has 27 heavy (non-hydrogen) atoms. The molecule has 0 atom stereocenters. The van der Waals surface area contributed by atoms with E-state index >= 15 is 0 Å². The average Bonchev–Trinajstić information content (AvgIpc) is 3.33. The van der Waals surface area contributed by atoms with Gasteiger partial charge in [-0.25, -0.2) is 0 Å². The standard InChI is InChI=1S/C21H23N3O3/c25-20(14-26-13-15-6-2-1-3-7-15)22-21-18-11-10-17(12-19(18)23-24-21)27-16-8-4-5-9-16/h1-3,6-7,10-12,16H,4-5,8-9,13-14H2,(H2,22,23,24,25). The first-order valence-electron chi connectivity index (χ1n) is 9.34. The maximum absolute atomic E-state index is 12.1. The summed E-state index contributed by atoms with van der Waals surface area (Å²) in [5.41, 5.74) is 1.87. The van der Waals surface area contributed by atoms with Gasteiger partial charge >= 0.3 is 0 Å². The molecular formula is C21H23N3O3. The lowest BCUT2D eigenvalue weighted by atomic mass is 10.2. The summed E-state index contributed by atoms with van der Waals surface area (Å²) in [5.74, 6) is 1.11. The number of hydrogen-bond acceptors (Lipinski definition) is 4. The monoisotopic (exact) mass is 365 g/mol. The number of carbonyl (C=O) groups is 1. The number of fused-ring (bicyclic) bond motifs is 1. The SMILES string of the molecule is O=C(COCc1ccccc1)Nc1n[nH]c2cc(OC3CCCC3)ccc12. The van der Waals surface area contributed by atoms with Crippen molar-refractivity contribution in [1.82, 2.24) is 10.2 Å². The molecule has 140 valence electrons. The second-order valence-corrected chi connectivity index (χ2v) is 6.83. The van der Waals surface area contributed by atoms with Crippen LogP contribution in [0.2, 0.25) is 0 Å². The molecule has 0 spiro atoms. The lowest BCUT2D eigenvalue weighted by Crippen LogP contribution is -2.18. The largest absolute Gasteiger partial charge is 0.490 e. The van der Waals surface area contributed by atoms with Crippen molar-refractivity contribution in [1.29, 1.82) is 0 Å². The number of benzene rings is 2. The Morgan fingerprint density at radius 2 is 1.96 bits per heavy atom. The van der Waals surface area contributed by atoms with Crippen molar-refractivity contribution in [2.45, 2.75) is 38.4 Å². The van der Waals surface area contributed by atoms with Crippen molar-refractivity contribution in [2.24, 2.45) is 0 Å². The first kappa shape index (κ1) is 17.5. The van der Waals surface area contributed by atoms with Gasteiger partial charge in [-0.05, 0) is 43.4 Å². The van der Waals surface area contributed by atoms with Gasteiger partial charge in [-0.15, -0.1) is 0 Å². The van der Waals surface area contributed by atoms with E-state index in [1.807, 2.05) is 48.5 Å². The minimum Gasteiger partial charge on any atom is -0.490 e. The van der Waals surface area contributed by atoms with Crippen LogP contribution < -0.4 is 10.1 Å². The first-order chi connectivity index (χ1) is 13.3. The van der Waals surface area contributed by atoms with E-state index in [0.29, 0.717) is 18.5 Å². The molecular weight excluding hydrogens is 342 g/mol. The molecule has 1 aliphatic carbocycles. The van der Waals surface area contributed by atoms with Gasteiger partial charge < -0.3 is 14.8 Å². The fourth-order valence-corrected chi connectivity index (χ4v) is 3.37. The van der Waals surface area contributed by atoms with E-state index < -0.39 is 0 Å². The highest BCUT2D eigenvalue weighted by Crippen LogP contribution is 2.28. The molecule has 6 heteroatoms. The molecule has 2 N–H and O–H groups in total. The van der Waals surface area contributed by atoms with Gasteiger partial charge in [-0.2, -0.15) is 5.10 Å². The normalized spacial score (nSPS) is 14.5. The van der Waals surface area contributed by atoms with Crippen LogP contribution >= 0.6 is 0 Å². The Balaban J connectivity index is 1.33. The fraction of sp³-hybridized carbons (Fsp3) is 0.333. The summed E-state index contributed by atoms with van der Waals surface area (Å²) in [6.07, 6.45) is 5.02. The predicted molar refractivity (Wildman–Crippen MR) is 104 cm³/mol. The number of H-pyrrole nitrogens is 1. The number of nitrogens with one attached hydrogen (secondary N) is 2. The molecule has 1 fully saturated rings. The predicted octanol–water partition coefficient (Wildman–Crippen LogP) is 4.04. The Morgan fingerprint density at radius 1 is 1.15 bits per heavy atom. The van der Waals surface area contributed by atoms with Gasteiger partial charge in [0.2, 0.25) is 0 Å². The van der Waals surface area contributed by atoms with Gasteiger partial charge in [0.15, 0.2) is 5.82 Å². The Bertz CT molecular complexity index is 901. The summed E-state index contributed by atoms with van der Waals surface area (Å²) in [6.45, 7) is 0.379. The van der Waals surface area contributed by atoms with Crippen LogP contribution in [0.4, 0.5) is 5.82 Å². The third-order valence-corrected chi connectivity index (χ3v) is 4.74. The molecule has 6 nitrogen and oxygen atoms in total. The van der Waals surface area contributed by atoms with Crippen molar-refractivity contribution in [3.05, 3.63) is 54.1 Å². The van der Waals surface area contributed by atoms with Crippen LogP contribution in [-0.4, -0.2) is 28.8 Å². The highest BCUT2D eigenvalue weighted by atomic mass is 16.5. The molecule has 0 saturated heterocycles. The fourth-order valence-electron chi connectivity index (χ4n) is 3.37. The van der Waals surface area contributed by atoms with Crippen LogP contribution in [0.5, 0.6) is 5.75 Å². The smallest absolute Gasteiger partial charge is 0.251 e. The Morgan fingerprint density at radius 3 is 2.78 bits per heavy atom. The molecule has 1 aliphatic rings. The number of anilines is 1. The number of aromatic amines is 1. The third kappa shape index (κ3) is 4.46. The van der Waals surface area contributed by atoms with Crippen LogP contribution in [0.15, 0.2) is 48.5 Å². The maximum atomic E-state index is 12.1. The molecule has 1 heterocycles. The summed E-state index contributed by atoms with van der Waals surface area (Å²) in [4.78, 5) is 12.1. The summed E-state index contributed by atoms with van der Waals surface area (Å²) in [5, 5.41) is 10.8. The van der Waals surface area contributed by atoms with Crippen LogP contribution in [0.1, 0.15) is 31.2 Å². The first-order valence-corrected chi connectivity index (χ1v) is 9.34. The van der Waals surface area contributed by atoms with Gasteiger partial charge in [0.25, 0.3) is 5.91 Å². The van der Waals surface area contributed by atoms with Crippen molar-refractivity contribution in [3.8, 4) is 5.75 Å². The maximum Gasteiger partial charge on any atom is 0.251 e. The number of rotatable bonds is 7. The van der Waals surface area contributed by atoms with E-state index in [0.717, 1.165) is 35.1 Å². The summed E-state index contributed by atoms with van der Waals surface area (Å²) < 4.78 is 11.5. The van der Waals surface area contributed by atoms with Crippen molar-refractivity contribution in [2.75, 3.05) is 11.9 Å². The lowest BCUT2D eigenvalue weighted by molar-refractivity contribution is -0.121. The van der Waals surface area contributed by atoms with Crippen molar-refractivity contribution in [3.63, 3.8) is 0 Å². The Labute approximate surface area is 157 Å². The zero-order valence-electron chi connectivity index (χ0n) is 15.1. The van der Waals surface area contributed by atoms with Crippen molar-refractivity contribution < 1.29 is 14.3 Å². The van der Waals surface area contributed by atoms with Gasteiger partial charge in [0, 0.05) is 11.5 Å². The molecule has 0 unspecified atom stereocenters. The zero-order valence-corrected chi connectivity index (χ0v) is 15.1. The molecule has 0 bridgehead atoms. The molecule has 1 amide bonds. The van der Waals surface area contributed by atoms with E-state index in [2.05, 4.69) is 15.5 Å². The van der Waals surface area contributed by atoms with Gasteiger partial charge in [0.05, 0.1) is 18.2 Å². The number of aromatic nitrogens is 2. The van der Waals surface area contributed by atoms with E-state index in [1.165, 1.54) is 12.8 Å². The molecule has 0 aliphatic heterocycles. The minimum atomic E-state index is -0.231. The number of hydrogen-bond donors (Lipinski definition) is 2. The number of ether oxygens (including phenoxy) is 2. The highest BCUT2D eigenvalue weighted by Gasteiger charge is 2.17. The summed E-state index contributed by atoms with van der Waals surface area (Å²) in [6, 6.07) is 15.5. The van der Waals surface area contributed by atoms with Crippen LogP contribution in [0, 0.1) is 0 Å². The van der Waals surface area contributed by atoms with Gasteiger partial charge in [-0.3, -0.25) is 9.89 Å². The van der Waals surface area contributed by atoms with Crippen LogP contribution in [0.25, 0.3) is 10.9 Å². The van der Waals surface area contributed by atoms with E-state index in [9.17, 15) is 4.79 Å². The van der Waals surface area contributed by atoms with Crippen LogP contribution in [0.3, 0.4) is 0 Å². The summed E-state index contributed by atoms with van der Waals surface area (Å²) in [7, 11) is 0. The number of nitrogens with zero attached hydrogens (tertiary/aromatic N) is 1. The second-order valence-electron chi connectivity index (χ2n) is 6.83. The van der Waals surface area contributed by atoms with E-state index in [-0.39, 0.29) is 12.5 Å². The molecule has 0 radical (unpaired) electrons. The molecule has 1 saturated carbocycles. The molecule has 1 aromatic heterocycles. The third-order valence-electron chi connectivity index (χ3n) is 4.74. The molecule has 2 aromatic carbocycles. The topological polar surface area (TPSA) is 76.2 Å². The Hall–Kier alpha value is -2.86. The molecule has 3 aromatic rings. The van der Waals surface area contributed by atoms with E-state index in [1.54, 1.807) is 0 Å². The van der Waals surface area contributed by atoms with Crippen molar-refractivity contribution >= 4 is 22.6 Å². The molecule has 4 rings (SSSR count). The second kappa shape index (κ2) is 8.22. The minimum absolute atomic E-state index is 0.0217. The number of amides is 1. The number of carbonyl (C=O) groups excluding carboxylic acids is 1. The highest BCUT2D eigenvalue weighted by molar-refractivity contribution is 6.00. The quantitative estimate of drug-likeness (QED) is 0.662. The van der Waals surface area contributed by atoms with Crippen LogP contribution in [-0.2, 0) is 16.1 Å². The average molecular weight is 365 g/mol. The Kier molecular flexibility index (Phi) is 5.34. The zero-order chi connectivity index (χ0) is 18.5. The van der Waals surface area contributed by atoms with Gasteiger partial charge in [-0.1, -0.05) is 30.3 Å². The lowest BCUT2D eigenvalue weighted by Gasteiger charge is -2.12. The van der Waals surface area contributed by atoms with E-state index in [4.69, 9.17) is 9.47 Å².